The van der Waals surface area contributed by atoms with E-state index in [9.17, 15) is 0 Å². The van der Waals surface area contributed by atoms with Crippen LogP contribution in [0.1, 0.15) is 0 Å². The number of nitrogens with two attached hydrogens (primary N) is 1. The molecule has 5 nitrogen and oxygen atoms in total. The van der Waals surface area contributed by atoms with Crippen molar-refractivity contribution in [2.75, 3.05) is 18.2 Å². The summed E-state index contributed by atoms with van der Waals surface area (Å²) in [4.78, 5) is 7.92. The predicted octanol–water partition coefficient (Wildman–Crippen LogP) is 2.46. The van der Waals surface area contributed by atoms with Crippen molar-refractivity contribution in [3.63, 3.8) is 0 Å². The van der Waals surface area contributed by atoms with Gasteiger partial charge in [0.1, 0.15) is 5.82 Å². The minimum Gasteiger partial charge on any atom is -0.481 e. The summed E-state index contributed by atoms with van der Waals surface area (Å²) in [6.45, 7) is 0. The van der Waals surface area contributed by atoms with Gasteiger partial charge >= 0.3 is 0 Å². The van der Waals surface area contributed by atoms with Crippen LogP contribution in [0.15, 0.2) is 30.3 Å². The molecule has 2 aromatic rings. The Kier molecular flexibility index (Phi) is 3.30. The Bertz CT molecular complexity index is 533. The molecule has 0 amide bonds. The Morgan fingerprint density at radius 1 is 1.29 bits per heavy atom. The van der Waals surface area contributed by atoms with E-state index < -0.39 is 0 Å². The first-order valence-corrected chi connectivity index (χ1v) is 5.27. The normalized spacial score (nSPS) is 10.0. The van der Waals surface area contributed by atoms with Crippen LogP contribution in [0.5, 0.6) is 5.88 Å². The first-order chi connectivity index (χ1) is 8.19. The molecule has 1 heterocycles. The van der Waals surface area contributed by atoms with Crippen LogP contribution >= 0.6 is 11.6 Å². The molecule has 88 valence electrons. The maximum atomic E-state index is 6.02. The number of benzene rings is 1. The zero-order valence-electron chi connectivity index (χ0n) is 9.14. The lowest BCUT2D eigenvalue weighted by atomic mass is 10.3. The molecular formula is C11H11ClN4O. The smallest absolute Gasteiger partial charge is 0.225 e. The van der Waals surface area contributed by atoms with E-state index in [1.165, 1.54) is 7.11 Å². The number of anilines is 3. The summed E-state index contributed by atoms with van der Waals surface area (Å²) in [5, 5.41) is 3.65. The molecule has 1 aromatic carbocycles. The number of hydrogen-bond acceptors (Lipinski definition) is 5. The van der Waals surface area contributed by atoms with Gasteiger partial charge in [0.15, 0.2) is 0 Å². The fraction of sp³-hybridized carbons (Fsp3) is 0.0909. The largest absolute Gasteiger partial charge is 0.481 e. The molecule has 0 unspecified atom stereocenters. The highest BCUT2D eigenvalue weighted by Crippen LogP contribution is 2.25. The molecule has 0 spiro atoms. The summed E-state index contributed by atoms with van der Waals surface area (Å²) in [6, 6.07) is 8.98. The molecule has 0 atom stereocenters. The number of nitrogens with one attached hydrogen (secondary N) is 1. The van der Waals surface area contributed by atoms with Gasteiger partial charge in [0, 0.05) is 6.07 Å². The second-order valence-electron chi connectivity index (χ2n) is 3.26. The monoisotopic (exact) mass is 250 g/mol. The van der Waals surface area contributed by atoms with Crippen molar-refractivity contribution < 1.29 is 4.74 Å². The number of para-hydroxylation sites is 1. The third-order valence-electron chi connectivity index (χ3n) is 2.07. The highest BCUT2D eigenvalue weighted by molar-refractivity contribution is 6.33. The fourth-order valence-electron chi connectivity index (χ4n) is 1.31. The van der Waals surface area contributed by atoms with E-state index in [1.54, 1.807) is 12.1 Å². The van der Waals surface area contributed by atoms with Gasteiger partial charge in [-0.1, -0.05) is 23.7 Å². The topological polar surface area (TPSA) is 73.1 Å². The molecule has 0 radical (unpaired) electrons. The molecule has 0 saturated heterocycles. The fourth-order valence-corrected chi connectivity index (χ4v) is 1.49. The summed E-state index contributed by atoms with van der Waals surface area (Å²) in [7, 11) is 1.51. The maximum absolute atomic E-state index is 6.02. The van der Waals surface area contributed by atoms with E-state index in [2.05, 4.69) is 15.3 Å². The van der Waals surface area contributed by atoms with E-state index >= 15 is 0 Å². The van der Waals surface area contributed by atoms with Crippen LogP contribution in [0.25, 0.3) is 0 Å². The summed E-state index contributed by atoms with van der Waals surface area (Å²) in [5.41, 5.74) is 6.30. The van der Waals surface area contributed by atoms with Gasteiger partial charge in [0.25, 0.3) is 0 Å². The predicted molar refractivity (Wildman–Crippen MR) is 67.7 cm³/mol. The number of ether oxygens (including phenoxy) is 1. The molecular weight excluding hydrogens is 240 g/mol. The Morgan fingerprint density at radius 2 is 2.06 bits per heavy atom. The van der Waals surface area contributed by atoms with Crippen LogP contribution in [0.4, 0.5) is 17.5 Å². The first-order valence-electron chi connectivity index (χ1n) is 4.89. The van der Waals surface area contributed by atoms with Gasteiger partial charge in [-0.25, -0.2) is 0 Å². The van der Waals surface area contributed by atoms with Crippen LogP contribution in [0, 0.1) is 0 Å². The van der Waals surface area contributed by atoms with Crippen molar-refractivity contribution in [2.24, 2.45) is 0 Å². The number of aromatic nitrogens is 2. The molecule has 0 bridgehead atoms. The molecule has 3 N–H and O–H groups in total. The van der Waals surface area contributed by atoms with Crippen molar-refractivity contribution in [1.82, 2.24) is 9.97 Å². The van der Waals surface area contributed by atoms with Crippen LogP contribution in [0.3, 0.4) is 0 Å². The van der Waals surface area contributed by atoms with E-state index in [1.807, 2.05) is 18.2 Å². The SMILES string of the molecule is COc1cc(Nc2ccccc2Cl)nc(N)n1. The number of halogens is 1. The molecule has 0 fully saturated rings. The second kappa shape index (κ2) is 4.88. The zero-order chi connectivity index (χ0) is 12.3. The zero-order valence-corrected chi connectivity index (χ0v) is 9.90. The van der Waals surface area contributed by atoms with Gasteiger partial charge in [-0.05, 0) is 12.1 Å². The number of methoxy groups -OCH3 is 1. The van der Waals surface area contributed by atoms with Gasteiger partial charge in [-0.15, -0.1) is 0 Å². The number of hydrogen-bond donors (Lipinski definition) is 2. The average molecular weight is 251 g/mol. The first kappa shape index (κ1) is 11.5. The van der Waals surface area contributed by atoms with Crippen molar-refractivity contribution in [3.05, 3.63) is 35.4 Å². The molecule has 6 heteroatoms. The second-order valence-corrected chi connectivity index (χ2v) is 3.67. The lowest BCUT2D eigenvalue weighted by molar-refractivity contribution is 0.398. The number of nitrogens with zero attached hydrogens (tertiary/aromatic N) is 2. The summed E-state index contributed by atoms with van der Waals surface area (Å²) >= 11 is 6.02. The summed E-state index contributed by atoms with van der Waals surface area (Å²) in [6.07, 6.45) is 0. The molecule has 0 aliphatic heterocycles. The van der Waals surface area contributed by atoms with Crippen molar-refractivity contribution in [3.8, 4) is 5.88 Å². The Labute approximate surface area is 104 Å². The Morgan fingerprint density at radius 3 is 2.76 bits per heavy atom. The summed E-state index contributed by atoms with van der Waals surface area (Å²) in [5.74, 6) is 1.06. The van der Waals surface area contributed by atoms with E-state index in [0.29, 0.717) is 16.7 Å². The highest BCUT2D eigenvalue weighted by atomic mass is 35.5. The van der Waals surface area contributed by atoms with Crippen molar-refractivity contribution in [1.29, 1.82) is 0 Å². The van der Waals surface area contributed by atoms with Crippen LogP contribution in [-0.2, 0) is 0 Å². The Hall–Kier alpha value is -2.01. The average Bonchev–Trinajstić information content (AvgIpc) is 2.31. The highest BCUT2D eigenvalue weighted by Gasteiger charge is 2.04. The van der Waals surface area contributed by atoms with Crippen molar-refractivity contribution >= 4 is 29.1 Å². The van der Waals surface area contributed by atoms with Crippen molar-refractivity contribution in [2.45, 2.75) is 0 Å². The molecule has 17 heavy (non-hydrogen) atoms. The van der Waals surface area contributed by atoms with Gasteiger partial charge in [0.2, 0.25) is 11.8 Å². The van der Waals surface area contributed by atoms with Crippen LogP contribution in [0.2, 0.25) is 5.02 Å². The van der Waals surface area contributed by atoms with E-state index in [-0.39, 0.29) is 5.95 Å². The lowest BCUT2D eigenvalue weighted by Gasteiger charge is -2.08. The van der Waals surface area contributed by atoms with E-state index in [0.717, 1.165) is 5.69 Å². The van der Waals surface area contributed by atoms with Gasteiger partial charge in [-0.2, -0.15) is 9.97 Å². The van der Waals surface area contributed by atoms with Crippen LogP contribution in [-0.4, -0.2) is 17.1 Å². The van der Waals surface area contributed by atoms with Gasteiger partial charge in [-0.3, -0.25) is 0 Å². The number of nitrogen functional groups attached to an aromatic ring is 1. The molecule has 2 rings (SSSR count). The summed E-state index contributed by atoms with van der Waals surface area (Å²) < 4.78 is 5.00. The minimum atomic E-state index is 0.138. The van der Waals surface area contributed by atoms with Gasteiger partial charge < -0.3 is 15.8 Å². The van der Waals surface area contributed by atoms with Crippen LogP contribution < -0.4 is 15.8 Å². The third kappa shape index (κ3) is 2.76. The van der Waals surface area contributed by atoms with E-state index in [4.69, 9.17) is 22.1 Å². The standard InChI is InChI=1S/C11H11ClN4O/c1-17-10-6-9(15-11(13)16-10)14-8-5-3-2-4-7(8)12/h2-6H,1H3,(H3,13,14,15,16). The third-order valence-corrected chi connectivity index (χ3v) is 2.40. The van der Waals surface area contributed by atoms with Gasteiger partial charge in [0.05, 0.1) is 17.8 Å². The lowest BCUT2D eigenvalue weighted by Crippen LogP contribution is -2.01. The Balaban J connectivity index is 2.30. The minimum absolute atomic E-state index is 0.138. The molecule has 0 aliphatic carbocycles. The molecule has 0 aliphatic rings. The quantitative estimate of drug-likeness (QED) is 0.875. The molecule has 0 saturated carbocycles. The number of rotatable bonds is 3. The maximum Gasteiger partial charge on any atom is 0.225 e. The molecule has 1 aromatic heterocycles.